The highest BCUT2D eigenvalue weighted by atomic mass is 32.2. The van der Waals surface area contributed by atoms with Crippen LogP contribution in [0.25, 0.3) is 0 Å². The summed E-state index contributed by atoms with van der Waals surface area (Å²) < 4.78 is 20.0. The zero-order chi connectivity index (χ0) is 30.9. The van der Waals surface area contributed by atoms with Crippen molar-refractivity contribution in [3.8, 4) is 0 Å². The zero-order valence-corrected chi connectivity index (χ0v) is 23.9. The van der Waals surface area contributed by atoms with Gasteiger partial charge in [-0.25, -0.2) is 19.2 Å². The molecule has 2 amide bonds. The lowest BCUT2D eigenvalue weighted by atomic mass is 9.83. The summed E-state index contributed by atoms with van der Waals surface area (Å²) in [4.78, 5) is 65.0. The van der Waals surface area contributed by atoms with E-state index in [4.69, 9.17) is 24.4 Å². The van der Waals surface area contributed by atoms with Gasteiger partial charge in [0.05, 0.1) is 35.5 Å². The van der Waals surface area contributed by atoms with Crippen molar-refractivity contribution >= 4 is 48.0 Å². The molecule has 3 unspecified atom stereocenters. The molecule has 0 saturated carbocycles. The quantitative estimate of drug-likeness (QED) is 0.112. The van der Waals surface area contributed by atoms with Crippen molar-refractivity contribution in [2.24, 2.45) is 5.92 Å². The third kappa shape index (κ3) is 7.40. The average molecular weight is 612 g/mol. The van der Waals surface area contributed by atoms with Crippen molar-refractivity contribution in [1.29, 1.82) is 5.41 Å². The van der Waals surface area contributed by atoms with Crippen LogP contribution >= 0.6 is 11.8 Å². The standard InChI is InChI=1S/C29H29N3O10S/c1-18(33)23-21-14-22(24(32(21)25(23)34)28(37)41-16-39-26(35)19-8-4-2-5-9-19)43-13-12-31(15-30)29(38)42-17-40-27(36)20-10-6-3-7-11-20/h2-11,15,18,21,23,30,33H,12-14,16-17H2,1H3. The maximum absolute atomic E-state index is 13.0. The van der Waals surface area contributed by atoms with E-state index in [0.717, 1.165) is 23.0 Å². The van der Waals surface area contributed by atoms with Crippen LogP contribution in [-0.4, -0.2) is 89.2 Å². The molecule has 13 nitrogen and oxygen atoms in total. The molecule has 2 N–H and O–H groups in total. The van der Waals surface area contributed by atoms with Gasteiger partial charge in [-0.15, -0.1) is 11.8 Å². The Bertz CT molecular complexity index is 1400. The van der Waals surface area contributed by atoms with Crippen LogP contribution in [0.4, 0.5) is 4.79 Å². The number of rotatable bonds is 13. The first-order valence-electron chi connectivity index (χ1n) is 13.2. The molecule has 1 fully saturated rings. The first-order chi connectivity index (χ1) is 20.7. The van der Waals surface area contributed by atoms with Gasteiger partial charge in [0.25, 0.3) is 0 Å². The monoisotopic (exact) mass is 611 g/mol. The molecule has 2 aliphatic rings. The van der Waals surface area contributed by atoms with Crippen molar-refractivity contribution in [2.45, 2.75) is 25.5 Å². The molecular weight excluding hydrogens is 582 g/mol. The van der Waals surface area contributed by atoms with Crippen LogP contribution in [0.15, 0.2) is 71.3 Å². The number of ether oxygens (including phenoxy) is 4. The second-order valence-electron chi connectivity index (χ2n) is 9.36. The smallest absolute Gasteiger partial charge is 0.417 e. The van der Waals surface area contributed by atoms with E-state index in [1.54, 1.807) is 60.7 Å². The number of carbonyl (C=O) groups excluding carboxylic acids is 5. The molecule has 0 aliphatic carbocycles. The largest absolute Gasteiger partial charge is 0.424 e. The Balaban J connectivity index is 1.32. The fourth-order valence-electron chi connectivity index (χ4n) is 4.56. The predicted octanol–water partition coefficient (Wildman–Crippen LogP) is 2.76. The maximum atomic E-state index is 13.0. The lowest BCUT2D eigenvalue weighted by Gasteiger charge is -2.44. The van der Waals surface area contributed by atoms with E-state index < -0.39 is 61.6 Å². The van der Waals surface area contributed by atoms with E-state index in [2.05, 4.69) is 0 Å². The minimum absolute atomic E-state index is 0.0153. The Labute approximate surface area is 250 Å². The van der Waals surface area contributed by atoms with Crippen LogP contribution in [0.2, 0.25) is 0 Å². The van der Waals surface area contributed by atoms with Crippen LogP contribution in [0, 0.1) is 11.3 Å². The third-order valence-electron chi connectivity index (χ3n) is 6.65. The first-order valence-corrected chi connectivity index (χ1v) is 14.1. The number of aliphatic hydroxyl groups excluding tert-OH is 1. The highest BCUT2D eigenvalue weighted by Crippen LogP contribution is 2.47. The first kappa shape index (κ1) is 31.3. The molecule has 2 aromatic carbocycles. The molecule has 2 aromatic rings. The van der Waals surface area contributed by atoms with Gasteiger partial charge in [0.2, 0.25) is 19.5 Å². The van der Waals surface area contributed by atoms with E-state index in [1.807, 2.05) is 0 Å². The number of carbonyl (C=O) groups is 5. The number of benzene rings is 2. The summed E-state index contributed by atoms with van der Waals surface area (Å²) in [7, 11) is 0. The second-order valence-corrected chi connectivity index (χ2v) is 10.6. The van der Waals surface area contributed by atoms with Crippen LogP contribution in [0.3, 0.4) is 0 Å². The summed E-state index contributed by atoms with van der Waals surface area (Å²) in [5, 5.41) is 17.6. The Morgan fingerprint density at radius 2 is 1.49 bits per heavy atom. The summed E-state index contributed by atoms with van der Waals surface area (Å²) in [6.45, 7) is 0.150. The number of nitrogens with one attached hydrogen (secondary N) is 1. The lowest BCUT2D eigenvalue weighted by Crippen LogP contribution is -2.61. The number of hydrogen-bond donors (Lipinski definition) is 2. The van der Waals surface area contributed by atoms with Crippen LogP contribution < -0.4 is 0 Å². The van der Waals surface area contributed by atoms with E-state index >= 15 is 0 Å². The highest BCUT2D eigenvalue weighted by molar-refractivity contribution is 8.03. The van der Waals surface area contributed by atoms with Gasteiger partial charge in [0.15, 0.2) is 0 Å². The van der Waals surface area contributed by atoms with Gasteiger partial charge in [0, 0.05) is 23.6 Å². The third-order valence-corrected chi connectivity index (χ3v) is 7.75. The van der Waals surface area contributed by atoms with Crippen LogP contribution in [0.1, 0.15) is 34.1 Å². The normalized spacial score (nSPS) is 17.7. The van der Waals surface area contributed by atoms with E-state index in [-0.39, 0.29) is 35.5 Å². The Morgan fingerprint density at radius 1 is 0.953 bits per heavy atom. The number of thioether (sulfide) groups is 1. The Morgan fingerprint density at radius 3 is 2.02 bits per heavy atom. The molecule has 2 aliphatic heterocycles. The van der Waals surface area contributed by atoms with Crippen molar-refractivity contribution in [3.63, 3.8) is 0 Å². The van der Waals surface area contributed by atoms with Gasteiger partial charge in [-0.3, -0.25) is 15.1 Å². The number of esters is 3. The molecule has 0 spiro atoms. The molecule has 0 bridgehead atoms. The number of nitrogens with zero attached hydrogens (tertiary/aromatic N) is 2. The van der Waals surface area contributed by atoms with Crippen molar-refractivity contribution in [2.75, 3.05) is 25.9 Å². The van der Waals surface area contributed by atoms with Crippen LogP contribution in [0.5, 0.6) is 0 Å². The molecule has 4 rings (SSSR count). The zero-order valence-electron chi connectivity index (χ0n) is 23.0. The minimum atomic E-state index is -0.929. The topological polar surface area (TPSA) is 173 Å². The number of hydrogen-bond acceptors (Lipinski definition) is 12. The van der Waals surface area contributed by atoms with Gasteiger partial charge in [-0.2, -0.15) is 0 Å². The number of aliphatic hydroxyl groups is 1. The van der Waals surface area contributed by atoms with Gasteiger partial charge < -0.3 is 29.0 Å². The summed E-state index contributed by atoms with van der Waals surface area (Å²) >= 11 is 1.16. The SMILES string of the molecule is CC(O)C1C(=O)N2C(C(=O)OCOC(=O)c3ccccc3)=C(SCCN(C=N)C(=O)OCOC(=O)c3ccccc3)CC12. The molecule has 0 radical (unpaired) electrons. The summed E-state index contributed by atoms with van der Waals surface area (Å²) in [5.41, 5.74) is 0.536. The minimum Gasteiger partial charge on any atom is -0.424 e. The molecular formula is C29H29N3O10S. The van der Waals surface area contributed by atoms with E-state index in [9.17, 15) is 29.1 Å². The van der Waals surface area contributed by atoms with Crippen molar-refractivity contribution < 1.29 is 48.0 Å². The fourth-order valence-corrected chi connectivity index (χ4v) is 5.70. The summed E-state index contributed by atoms with van der Waals surface area (Å²) in [5.74, 6) is -3.18. The number of amides is 2. The Hall–Kier alpha value is -4.69. The van der Waals surface area contributed by atoms with Gasteiger partial charge in [-0.05, 0) is 31.2 Å². The number of β-lactam (4-membered cyclic amide) rings is 1. The van der Waals surface area contributed by atoms with Crippen molar-refractivity contribution in [3.05, 3.63) is 82.4 Å². The van der Waals surface area contributed by atoms with Gasteiger partial charge in [0.1, 0.15) is 5.70 Å². The molecule has 14 heteroatoms. The summed E-state index contributed by atoms with van der Waals surface area (Å²) in [6.07, 6.45) is -0.835. The Kier molecular flexibility index (Phi) is 10.5. The molecule has 43 heavy (non-hydrogen) atoms. The number of fused-ring (bicyclic) bond motifs is 1. The fraction of sp³-hybridized carbons (Fsp3) is 0.310. The average Bonchev–Trinajstić information content (AvgIpc) is 3.33. The lowest BCUT2D eigenvalue weighted by molar-refractivity contribution is -0.164. The summed E-state index contributed by atoms with van der Waals surface area (Å²) in [6, 6.07) is 15.8. The van der Waals surface area contributed by atoms with E-state index in [1.165, 1.54) is 11.8 Å². The predicted molar refractivity (Wildman–Crippen MR) is 151 cm³/mol. The maximum Gasteiger partial charge on any atom is 0.417 e. The van der Waals surface area contributed by atoms with Gasteiger partial charge >= 0.3 is 24.0 Å². The molecule has 1 saturated heterocycles. The molecule has 2 heterocycles. The molecule has 3 atom stereocenters. The second kappa shape index (κ2) is 14.5. The molecule has 226 valence electrons. The van der Waals surface area contributed by atoms with Crippen molar-refractivity contribution in [1.82, 2.24) is 9.80 Å². The molecule has 0 aromatic heterocycles. The van der Waals surface area contributed by atoms with E-state index in [0.29, 0.717) is 4.91 Å². The van der Waals surface area contributed by atoms with Crippen LogP contribution in [-0.2, 0) is 28.5 Å². The highest BCUT2D eigenvalue weighted by Gasteiger charge is 2.57. The van der Waals surface area contributed by atoms with Gasteiger partial charge in [-0.1, -0.05) is 36.4 Å².